The molecule has 0 bridgehead atoms. The number of hydrogen-bond donors (Lipinski definition) is 3. The zero-order chi connectivity index (χ0) is 27.8. The third kappa shape index (κ3) is 5.34. The van der Waals surface area contributed by atoms with Crippen LogP contribution in [0.25, 0.3) is 21.9 Å². The fourth-order valence-electron chi connectivity index (χ4n) is 5.17. The van der Waals surface area contributed by atoms with Gasteiger partial charge in [0, 0.05) is 53.4 Å². The van der Waals surface area contributed by atoms with Crippen LogP contribution < -0.4 is 20.7 Å². The molecule has 1 unspecified atom stereocenters. The van der Waals surface area contributed by atoms with E-state index in [1.54, 1.807) is 0 Å². The summed E-state index contributed by atoms with van der Waals surface area (Å²) in [7, 11) is 1.93. The predicted molar refractivity (Wildman–Crippen MR) is 163 cm³/mol. The number of fused-ring (bicyclic) bond motifs is 2. The minimum Gasteiger partial charge on any atom is -0.457 e. The molecule has 2 aromatic carbocycles. The number of nitrogens with one attached hydrogen (secondary N) is 2. The number of aromatic nitrogens is 4. The van der Waals surface area contributed by atoms with Crippen molar-refractivity contribution < 1.29 is 4.74 Å². The van der Waals surface area contributed by atoms with E-state index in [0.717, 1.165) is 93.6 Å². The highest BCUT2D eigenvalue weighted by Crippen LogP contribution is 2.39. The lowest BCUT2D eigenvalue weighted by atomic mass is 10.1. The number of rotatable bonds is 8. The number of benzene rings is 2. The third-order valence-corrected chi connectivity index (χ3v) is 8.36. The molecular weight excluding hydrogens is 542 g/mol. The highest BCUT2D eigenvalue weighted by molar-refractivity contribution is 7.99. The van der Waals surface area contributed by atoms with Crippen LogP contribution in [0.15, 0.2) is 58.6 Å². The van der Waals surface area contributed by atoms with Crippen LogP contribution in [0.5, 0.6) is 11.5 Å². The van der Waals surface area contributed by atoms with E-state index < -0.39 is 0 Å². The van der Waals surface area contributed by atoms with Crippen molar-refractivity contribution in [1.29, 1.82) is 0 Å². The smallest absolute Gasteiger partial charge is 0.196 e. The summed E-state index contributed by atoms with van der Waals surface area (Å²) in [5.74, 6) is 2.41. The fourth-order valence-corrected chi connectivity index (χ4v) is 6.31. The molecule has 4 N–H and O–H groups in total. The van der Waals surface area contributed by atoms with Gasteiger partial charge in [-0.05, 0) is 74.5 Å². The average molecular weight is 574 g/mol. The Morgan fingerprint density at radius 1 is 1.18 bits per heavy atom. The first-order valence-corrected chi connectivity index (χ1v) is 14.7. The van der Waals surface area contributed by atoms with Crippen LogP contribution in [-0.4, -0.2) is 46.1 Å². The summed E-state index contributed by atoms with van der Waals surface area (Å²) >= 11 is 8.27. The van der Waals surface area contributed by atoms with E-state index in [0.29, 0.717) is 10.2 Å². The van der Waals surface area contributed by atoms with Crippen molar-refractivity contribution in [3.8, 4) is 11.5 Å². The molecule has 206 valence electrons. The van der Waals surface area contributed by atoms with Gasteiger partial charge < -0.3 is 25.7 Å². The van der Waals surface area contributed by atoms with Crippen LogP contribution in [0.4, 0.5) is 5.82 Å². The molecule has 1 fully saturated rings. The first-order chi connectivity index (χ1) is 19.4. The van der Waals surface area contributed by atoms with Gasteiger partial charge in [-0.3, -0.25) is 4.98 Å². The monoisotopic (exact) mass is 573 g/mol. The number of ether oxygens (including phenoxy) is 1. The highest BCUT2D eigenvalue weighted by Gasteiger charge is 2.26. The number of pyridine rings is 1. The highest BCUT2D eigenvalue weighted by atomic mass is 35.5. The number of H-pyrrole nitrogens is 1. The number of halogens is 1. The molecule has 4 heterocycles. The van der Waals surface area contributed by atoms with Gasteiger partial charge in [-0.25, -0.2) is 9.97 Å². The molecule has 3 aromatic heterocycles. The molecule has 1 aliphatic heterocycles. The third-order valence-electron chi connectivity index (χ3n) is 7.09. The summed E-state index contributed by atoms with van der Waals surface area (Å²) in [4.78, 5) is 21.3. The molecule has 0 radical (unpaired) electrons. The van der Waals surface area contributed by atoms with Gasteiger partial charge in [0.15, 0.2) is 5.16 Å². The van der Waals surface area contributed by atoms with E-state index in [4.69, 9.17) is 37.0 Å². The van der Waals surface area contributed by atoms with Crippen LogP contribution in [0.3, 0.4) is 0 Å². The van der Waals surface area contributed by atoms with Gasteiger partial charge in [0.05, 0.1) is 15.9 Å². The number of anilines is 1. The first kappa shape index (κ1) is 26.8. The Balaban J connectivity index is 1.34. The number of nitrogens with zero attached hydrogens (tertiary/aromatic N) is 4. The molecule has 0 spiro atoms. The Bertz CT molecular complexity index is 1710. The van der Waals surface area contributed by atoms with Gasteiger partial charge in [-0.15, -0.1) is 0 Å². The number of aryl methyl sites for hydroxylation is 2. The number of nitrogens with two attached hydrogens (primary N) is 1. The topological polar surface area (TPSA) is 105 Å². The van der Waals surface area contributed by atoms with Crippen LogP contribution in [0.1, 0.15) is 30.3 Å². The molecule has 10 heteroatoms. The van der Waals surface area contributed by atoms with E-state index >= 15 is 0 Å². The second kappa shape index (κ2) is 11.2. The van der Waals surface area contributed by atoms with E-state index in [-0.39, 0.29) is 6.04 Å². The van der Waals surface area contributed by atoms with Gasteiger partial charge in [0.25, 0.3) is 0 Å². The van der Waals surface area contributed by atoms with Crippen molar-refractivity contribution >= 4 is 51.1 Å². The first-order valence-electron chi connectivity index (χ1n) is 13.5. The maximum atomic E-state index is 6.77. The quantitative estimate of drug-likeness (QED) is 0.188. The molecule has 5 aromatic rings. The zero-order valence-electron chi connectivity index (χ0n) is 22.8. The minimum absolute atomic E-state index is 0.126. The van der Waals surface area contributed by atoms with Gasteiger partial charge in [0.1, 0.15) is 23.0 Å². The number of hydrogen-bond acceptors (Lipinski definition) is 8. The maximum absolute atomic E-state index is 6.77. The summed E-state index contributed by atoms with van der Waals surface area (Å²) in [6, 6.07) is 16.4. The molecule has 6 rings (SSSR count). The maximum Gasteiger partial charge on any atom is 0.196 e. The van der Waals surface area contributed by atoms with Crippen molar-refractivity contribution in [1.82, 2.24) is 25.3 Å². The molecular formula is C30H32ClN7OS. The van der Waals surface area contributed by atoms with Crippen molar-refractivity contribution in [2.45, 2.75) is 49.3 Å². The number of aromatic amines is 1. The second-order valence-corrected chi connectivity index (χ2v) is 11.6. The molecule has 0 aliphatic carbocycles. The van der Waals surface area contributed by atoms with Crippen molar-refractivity contribution in [3.05, 3.63) is 70.5 Å². The van der Waals surface area contributed by atoms with Gasteiger partial charge in [-0.2, -0.15) is 0 Å². The lowest BCUT2D eigenvalue weighted by Gasteiger charge is -2.18. The van der Waals surface area contributed by atoms with Gasteiger partial charge in [0.2, 0.25) is 0 Å². The Hall–Kier alpha value is -3.37. The largest absolute Gasteiger partial charge is 0.457 e. The summed E-state index contributed by atoms with van der Waals surface area (Å²) in [6.45, 7) is 6.43. The molecule has 0 amide bonds. The van der Waals surface area contributed by atoms with E-state index in [1.165, 1.54) is 11.8 Å². The Morgan fingerprint density at radius 3 is 2.83 bits per heavy atom. The summed E-state index contributed by atoms with van der Waals surface area (Å²) in [6.07, 6.45) is 1.72. The van der Waals surface area contributed by atoms with Crippen LogP contribution in [0, 0.1) is 6.92 Å². The average Bonchev–Trinajstić information content (AvgIpc) is 3.51. The molecule has 0 saturated carbocycles. The van der Waals surface area contributed by atoms with Crippen LogP contribution in [0.2, 0.25) is 5.02 Å². The van der Waals surface area contributed by atoms with E-state index in [9.17, 15) is 0 Å². The van der Waals surface area contributed by atoms with E-state index in [2.05, 4.69) is 52.5 Å². The Kier molecular flexibility index (Phi) is 7.55. The van der Waals surface area contributed by atoms with Crippen molar-refractivity contribution in [2.75, 3.05) is 25.0 Å². The summed E-state index contributed by atoms with van der Waals surface area (Å²) in [5, 5.41) is 6.34. The molecule has 8 nitrogen and oxygen atoms in total. The standard InChI is InChI=1S/C30H32ClN7OS/c1-4-23-27(31)26-28(35-23)36-30(37-29(26)38-11-10-19(32)16-38)40-21-8-9-22-24(14-21)34-17(2)12-25(22)39-20-7-5-6-18(13-20)15-33-3/h5-9,12-14,19,33H,4,10-11,15-16,32H2,1-3H3,(H,35,36,37). The van der Waals surface area contributed by atoms with Crippen molar-refractivity contribution in [3.63, 3.8) is 0 Å². The Labute approximate surface area is 242 Å². The summed E-state index contributed by atoms with van der Waals surface area (Å²) < 4.78 is 6.34. The normalized spacial score (nSPS) is 15.4. The molecule has 40 heavy (non-hydrogen) atoms. The lowest BCUT2D eigenvalue weighted by Crippen LogP contribution is -2.27. The van der Waals surface area contributed by atoms with Crippen LogP contribution >= 0.6 is 23.4 Å². The zero-order valence-corrected chi connectivity index (χ0v) is 24.4. The molecule has 1 atom stereocenters. The SMILES string of the molecule is CCc1[nH]c2nc(Sc3ccc4c(Oc5cccc(CNC)c5)cc(C)nc4c3)nc(N3CCC(N)C3)c2c1Cl. The summed E-state index contributed by atoms with van der Waals surface area (Å²) in [5.41, 5.74) is 10.9. The Morgan fingerprint density at radius 2 is 2.05 bits per heavy atom. The molecule has 1 aliphatic rings. The predicted octanol–water partition coefficient (Wildman–Crippen LogP) is 6.23. The van der Waals surface area contributed by atoms with Crippen molar-refractivity contribution in [2.24, 2.45) is 5.73 Å². The van der Waals surface area contributed by atoms with Crippen LogP contribution in [-0.2, 0) is 13.0 Å². The fraction of sp³-hybridized carbons (Fsp3) is 0.300. The van der Waals surface area contributed by atoms with E-state index in [1.807, 2.05) is 32.2 Å². The minimum atomic E-state index is 0.126. The van der Waals surface area contributed by atoms with Gasteiger partial charge >= 0.3 is 0 Å². The van der Waals surface area contributed by atoms with Gasteiger partial charge in [-0.1, -0.05) is 30.7 Å². The molecule has 1 saturated heterocycles. The lowest BCUT2D eigenvalue weighted by molar-refractivity contribution is 0.486. The second-order valence-electron chi connectivity index (χ2n) is 10.1.